The summed E-state index contributed by atoms with van der Waals surface area (Å²) in [5.41, 5.74) is 8.05. The van der Waals surface area contributed by atoms with Gasteiger partial charge in [-0.3, -0.25) is 0 Å². The minimum absolute atomic E-state index is 0.155. The molecule has 17 heavy (non-hydrogen) atoms. The highest BCUT2D eigenvalue weighted by Gasteiger charge is 2.12. The van der Waals surface area contributed by atoms with Crippen molar-refractivity contribution in [1.82, 2.24) is 9.78 Å². The molecule has 1 aromatic carbocycles. The molecule has 0 radical (unpaired) electrons. The molecule has 0 saturated carbocycles. The number of rotatable bonds is 5. The molecular formula is C13H17N3O. The topological polar surface area (TPSA) is 53.1 Å². The van der Waals surface area contributed by atoms with Crippen LogP contribution in [0.25, 0.3) is 5.69 Å². The molecular weight excluding hydrogens is 214 g/mol. The van der Waals surface area contributed by atoms with Gasteiger partial charge in [0.25, 0.3) is 0 Å². The third kappa shape index (κ3) is 2.72. The summed E-state index contributed by atoms with van der Waals surface area (Å²) in [7, 11) is 0. The largest absolute Gasteiger partial charge is 0.380 e. The molecule has 1 aromatic heterocycles. The third-order valence-corrected chi connectivity index (χ3v) is 2.55. The molecule has 4 heteroatoms. The lowest BCUT2D eigenvalue weighted by molar-refractivity contribution is 0.132. The Kier molecular flexibility index (Phi) is 3.90. The van der Waals surface area contributed by atoms with Crippen LogP contribution in [0, 0.1) is 0 Å². The molecule has 4 nitrogen and oxygen atoms in total. The molecule has 1 unspecified atom stereocenters. The first kappa shape index (κ1) is 11.8. The first-order chi connectivity index (χ1) is 8.33. The van der Waals surface area contributed by atoms with E-state index in [0.29, 0.717) is 13.2 Å². The monoisotopic (exact) mass is 231 g/mol. The summed E-state index contributed by atoms with van der Waals surface area (Å²) in [4.78, 5) is 0. The molecule has 0 spiro atoms. The van der Waals surface area contributed by atoms with Gasteiger partial charge in [0, 0.05) is 12.8 Å². The third-order valence-electron chi connectivity index (χ3n) is 2.55. The minimum Gasteiger partial charge on any atom is -0.380 e. The van der Waals surface area contributed by atoms with Crippen LogP contribution >= 0.6 is 0 Å². The lowest BCUT2D eigenvalue weighted by Crippen LogP contribution is -2.20. The summed E-state index contributed by atoms with van der Waals surface area (Å²) < 4.78 is 7.19. The van der Waals surface area contributed by atoms with E-state index in [-0.39, 0.29) is 6.04 Å². The van der Waals surface area contributed by atoms with E-state index >= 15 is 0 Å². The van der Waals surface area contributed by atoms with Crippen molar-refractivity contribution in [2.45, 2.75) is 13.0 Å². The molecule has 0 aliphatic rings. The fraction of sp³-hybridized carbons (Fsp3) is 0.308. The van der Waals surface area contributed by atoms with Crippen molar-refractivity contribution in [2.24, 2.45) is 5.73 Å². The fourth-order valence-corrected chi connectivity index (χ4v) is 1.71. The molecule has 1 heterocycles. The van der Waals surface area contributed by atoms with Gasteiger partial charge >= 0.3 is 0 Å². The van der Waals surface area contributed by atoms with E-state index in [1.165, 1.54) is 0 Å². The molecule has 2 N–H and O–H groups in total. The highest BCUT2D eigenvalue weighted by Crippen LogP contribution is 2.15. The van der Waals surface area contributed by atoms with Gasteiger partial charge in [-0.2, -0.15) is 5.10 Å². The molecule has 0 saturated heterocycles. The van der Waals surface area contributed by atoms with Crippen LogP contribution in [0.15, 0.2) is 42.6 Å². The molecule has 0 amide bonds. The van der Waals surface area contributed by atoms with E-state index in [4.69, 9.17) is 10.5 Å². The Bertz CT molecular complexity index is 453. The quantitative estimate of drug-likeness (QED) is 0.855. The van der Waals surface area contributed by atoms with Gasteiger partial charge < -0.3 is 10.5 Å². The van der Waals surface area contributed by atoms with Crippen LogP contribution in [0.2, 0.25) is 0 Å². The van der Waals surface area contributed by atoms with E-state index < -0.39 is 0 Å². The number of benzene rings is 1. The average Bonchev–Trinajstić information content (AvgIpc) is 2.86. The molecule has 0 bridgehead atoms. The lowest BCUT2D eigenvalue weighted by atomic mass is 10.2. The molecule has 0 aliphatic carbocycles. The number of hydrogen-bond acceptors (Lipinski definition) is 3. The highest BCUT2D eigenvalue weighted by molar-refractivity contribution is 5.33. The number of nitrogens with two attached hydrogens (primary N) is 1. The Balaban J connectivity index is 2.23. The summed E-state index contributed by atoms with van der Waals surface area (Å²) in [5, 5.41) is 4.30. The Labute approximate surface area is 101 Å². The highest BCUT2D eigenvalue weighted by atomic mass is 16.5. The summed E-state index contributed by atoms with van der Waals surface area (Å²) in [6, 6.07) is 11.7. The van der Waals surface area contributed by atoms with Gasteiger partial charge in [-0.05, 0) is 25.1 Å². The van der Waals surface area contributed by atoms with Crippen LogP contribution in [0.5, 0.6) is 0 Å². The van der Waals surface area contributed by atoms with Crippen LogP contribution in [-0.4, -0.2) is 23.0 Å². The molecule has 90 valence electrons. The Hall–Kier alpha value is -1.65. The van der Waals surface area contributed by atoms with Crippen LogP contribution in [-0.2, 0) is 4.74 Å². The Morgan fingerprint density at radius 2 is 2.06 bits per heavy atom. The van der Waals surface area contributed by atoms with Crippen molar-refractivity contribution < 1.29 is 4.74 Å². The molecule has 2 rings (SSSR count). The first-order valence-electron chi connectivity index (χ1n) is 5.75. The van der Waals surface area contributed by atoms with Crippen LogP contribution in [0.3, 0.4) is 0 Å². The van der Waals surface area contributed by atoms with Gasteiger partial charge in [-0.25, -0.2) is 4.68 Å². The second-order valence-corrected chi connectivity index (χ2v) is 3.77. The maximum absolute atomic E-state index is 6.08. The maximum Gasteiger partial charge on any atom is 0.0709 e. The van der Waals surface area contributed by atoms with Crippen LogP contribution < -0.4 is 5.73 Å². The van der Waals surface area contributed by atoms with Crippen LogP contribution in [0.4, 0.5) is 0 Å². The van der Waals surface area contributed by atoms with Gasteiger partial charge in [0.2, 0.25) is 0 Å². The van der Waals surface area contributed by atoms with E-state index in [9.17, 15) is 0 Å². The van der Waals surface area contributed by atoms with E-state index in [1.54, 1.807) is 6.20 Å². The maximum atomic E-state index is 6.08. The predicted molar refractivity (Wildman–Crippen MR) is 67.0 cm³/mol. The minimum atomic E-state index is -0.155. The van der Waals surface area contributed by atoms with Gasteiger partial charge in [0.15, 0.2) is 0 Å². The fourth-order valence-electron chi connectivity index (χ4n) is 1.71. The first-order valence-corrected chi connectivity index (χ1v) is 5.75. The molecule has 1 atom stereocenters. The summed E-state index contributed by atoms with van der Waals surface area (Å²) in [5.74, 6) is 0. The summed E-state index contributed by atoms with van der Waals surface area (Å²) in [6.45, 7) is 3.14. The Morgan fingerprint density at radius 3 is 2.76 bits per heavy atom. The zero-order valence-corrected chi connectivity index (χ0v) is 9.91. The predicted octanol–water partition coefficient (Wildman–Crippen LogP) is 1.91. The van der Waals surface area contributed by atoms with Crippen LogP contribution in [0.1, 0.15) is 18.7 Å². The van der Waals surface area contributed by atoms with Gasteiger partial charge in [0.1, 0.15) is 0 Å². The lowest BCUT2D eigenvalue weighted by Gasteiger charge is -2.14. The average molecular weight is 231 g/mol. The van der Waals surface area contributed by atoms with Crippen molar-refractivity contribution in [3.8, 4) is 5.69 Å². The second kappa shape index (κ2) is 5.61. The number of aromatic nitrogens is 2. The summed E-state index contributed by atoms with van der Waals surface area (Å²) >= 11 is 0. The molecule has 0 aliphatic heterocycles. The number of nitrogens with zero attached hydrogens (tertiary/aromatic N) is 2. The zero-order valence-electron chi connectivity index (χ0n) is 9.91. The van der Waals surface area contributed by atoms with Gasteiger partial charge in [-0.15, -0.1) is 0 Å². The van der Waals surface area contributed by atoms with Crippen molar-refractivity contribution in [1.29, 1.82) is 0 Å². The zero-order chi connectivity index (χ0) is 12.1. The number of para-hydroxylation sites is 1. The number of hydrogen-bond donors (Lipinski definition) is 1. The number of ether oxygens (including phenoxy) is 1. The van der Waals surface area contributed by atoms with E-state index in [1.807, 2.05) is 48.0 Å². The van der Waals surface area contributed by atoms with Crippen molar-refractivity contribution >= 4 is 0 Å². The molecule has 0 fully saturated rings. The second-order valence-electron chi connectivity index (χ2n) is 3.77. The summed E-state index contributed by atoms with van der Waals surface area (Å²) in [6.07, 6.45) is 1.76. The SMILES string of the molecule is CCOCC(N)c1ccnn1-c1ccccc1. The van der Waals surface area contributed by atoms with Crippen molar-refractivity contribution in [3.63, 3.8) is 0 Å². The molecule has 2 aromatic rings. The van der Waals surface area contributed by atoms with Gasteiger partial charge in [0.05, 0.1) is 24.0 Å². The van der Waals surface area contributed by atoms with Gasteiger partial charge in [-0.1, -0.05) is 18.2 Å². The standard InChI is InChI=1S/C13H17N3O/c1-2-17-10-12(14)13-8-9-15-16(13)11-6-4-3-5-7-11/h3-9,12H,2,10,14H2,1H3. The normalized spacial score (nSPS) is 12.6. The van der Waals surface area contributed by atoms with Crippen molar-refractivity contribution in [2.75, 3.05) is 13.2 Å². The van der Waals surface area contributed by atoms with E-state index in [0.717, 1.165) is 11.4 Å². The van der Waals surface area contributed by atoms with Crippen molar-refractivity contribution in [3.05, 3.63) is 48.3 Å². The smallest absolute Gasteiger partial charge is 0.0709 e. The van der Waals surface area contributed by atoms with E-state index in [2.05, 4.69) is 5.10 Å². The Morgan fingerprint density at radius 1 is 1.29 bits per heavy atom.